The lowest BCUT2D eigenvalue weighted by atomic mass is 9.97. The van der Waals surface area contributed by atoms with Gasteiger partial charge in [-0.05, 0) is 28.6 Å². The standard InChI is InChI=1S/C25H22N6O2/c1-16-28-29-25(33-16)19-8-9-20-11-26-13-23(22(20)10-19)18-6-4-17(5-7-18)21-12-27-31(14-21)15-24(32)30(2)3/h4-14H,15H2,1-3H3. The van der Waals surface area contributed by atoms with E-state index >= 15 is 0 Å². The van der Waals surface area contributed by atoms with Crippen molar-refractivity contribution in [3.8, 4) is 33.7 Å². The Morgan fingerprint density at radius 1 is 0.939 bits per heavy atom. The fraction of sp³-hybridized carbons (Fsp3) is 0.160. The maximum absolute atomic E-state index is 11.9. The van der Waals surface area contributed by atoms with Crippen molar-refractivity contribution >= 4 is 16.7 Å². The van der Waals surface area contributed by atoms with E-state index in [0.717, 1.165) is 38.6 Å². The maximum Gasteiger partial charge on any atom is 0.247 e. The van der Waals surface area contributed by atoms with Gasteiger partial charge in [-0.3, -0.25) is 14.5 Å². The first kappa shape index (κ1) is 20.6. The molecule has 5 aromatic rings. The molecule has 0 aliphatic heterocycles. The van der Waals surface area contributed by atoms with E-state index in [9.17, 15) is 4.79 Å². The van der Waals surface area contributed by atoms with Crippen LogP contribution in [0.3, 0.4) is 0 Å². The van der Waals surface area contributed by atoms with Crippen LogP contribution in [0.5, 0.6) is 0 Å². The molecule has 0 aliphatic carbocycles. The van der Waals surface area contributed by atoms with Crippen molar-refractivity contribution in [3.05, 3.63) is 73.1 Å². The number of carbonyl (C=O) groups excluding carboxylic acids is 1. The molecule has 3 heterocycles. The van der Waals surface area contributed by atoms with Crippen LogP contribution in [0.2, 0.25) is 0 Å². The number of benzene rings is 2. The van der Waals surface area contributed by atoms with Gasteiger partial charge in [-0.1, -0.05) is 30.3 Å². The van der Waals surface area contributed by atoms with E-state index in [-0.39, 0.29) is 12.5 Å². The summed E-state index contributed by atoms with van der Waals surface area (Å²) in [6.45, 7) is 1.99. The topological polar surface area (TPSA) is 89.9 Å². The monoisotopic (exact) mass is 438 g/mol. The van der Waals surface area contributed by atoms with E-state index in [1.54, 1.807) is 36.8 Å². The SMILES string of the molecule is Cc1nnc(-c2ccc3cncc(-c4ccc(-c5cnn(CC(=O)N(C)C)c5)cc4)c3c2)o1. The molecule has 0 atom stereocenters. The van der Waals surface area contributed by atoms with Crippen molar-refractivity contribution in [1.82, 2.24) is 29.9 Å². The number of pyridine rings is 1. The van der Waals surface area contributed by atoms with Crippen LogP contribution in [0.15, 0.2) is 71.7 Å². The predicted octanol–water partition coefficient (Wildman–Crippen LogP) is 4.21. The van der Waals surface area contributed by atoms with E-state index in [0.29, 0.717) is 11.8 Å². The number of aromatic nitrogens is 5. The quantitative estimate of drug-likeness (QED) is 0.408. The van der Waals surface area contributed by atoms with Crippen LogP contribution >= 0.6 is 0 Å². The van der Waals surface area contributed by atoms with E-state index in [4.69, 9.17) is 4.42 Å². The summed E-state index contributed by atoms with van der Waals surface area (Å²) in [4.78, 5) is 17.9. The highest BCUT2D eigenvalue weighted by molar-refractivity contribution is 5.98. The molecule has 5 rings (SSSR count). The average Bonchev–Trinajstić information content (AvgIpc) is 3.47. The molecule has 0 bridgehead atoms. The fourth-order valence-electron chi connectivity index (χ4n) is 3.66. The molecule has 0 saturated carbocycles. The highest BCUT2D eigenvalue weighted by atomic mass is 16.4. The van der Waals surface area contributed by atoms with Crippen LogP contribution < -0.4 is 0 Å². The van der Waals surface area contributed by atoms with Crippen LogP contribution in [0, 0.1) is 6.92 Å². The van der Waals surface area contributed by atoms with Crippen LogP contribution in [0.4, 0.5) is 0 Å². The molecule has 0 spiro atoms. The zero-order valence-corrected chi connectivity index (χ0v) is 18.6. The van der Waals surface area contributed by atoms with Crippen molar-refractivity contribution in [2.75, 3.05) is 14.1 Å². The molecule has 0 fully saturated rings. The molecule has 8 nitrogen and oxygen atoms in total. The first-order valence-electron chi connectivity index (χ1n) is 10.5. The highest BCUT2D eigenvalue weighted by Crippen LogP contribution is 2.32. The number of aryl methyl sites for hydroxylation is 1. The van der Waals surface area contributed by atoms with Crippen LogP contribution in [-0.4, -0.2) is 49.9 Å². The molecule has 0 aliphatic rings. The molecule has 0 saturated heterocycles. The molecule has 33 heavy (non-hydrogen) atoms. The Kier molecular flexibility index (Phi) is 5.18. The molecule has 0 N–H and O–H groups in total. The second kappa shape index (κ2) is 8.31. The third-order valence-corrected chi connectivity index (χ3v) is 5.49. The Morgan fingerprint density at radius 2 is 1.70 bits per heavy atom. The molecule has 0 unspecified atom stereocenters. The van der Waals surface area contributed by atoms with Gasteiger partial charge in [0.25, 0.3) is 0 Å². The number of fused-ring (bicyclic) bond motifs is 1. The number of hydrogen-bond acceptors (Lipinski definition) is 6. The van der Waals surface area contributed by atoms with Gasteiger partial charge in [-0.2, -0.15) is 5.10 Å². The number of rotatable bonds is 5. The average molecular weight is 438 g/mol. The molecule has 1 amide bonds. The second-order valence-electron chi connectivity index (χ2n) is 8.04. The van der Waals surface area contributed by atoms with E-state index in [2.05, 4.69) is 50.6 Å². The zero-order chi connectivity index (χ0) is 22.9. The van der Waals surface area contributed by atoms with Gasteiger partial charge in [0.2, 0.25) is 17.7 Å². The first-order valence-corrected chi connectivity index (χ1v) is 10.5. The Balaban J connectivity index is 1.46. The van der Waals surface area contributed by atoms with Gasteiger partial charge in [0.15, 0.2) is 0 Å². The minimum absolute atomic E-state index is 0.00138. The van der Waals surface area contributed by atoms with Gasteiger partial charge in [0.1, 0.15) is 6.54 Å². The summed E-state index contributed by atoms with van der Waals surface area (Å²) in [7, 11) is 3.47. The van der Waals surface area contributed by atoms with Gasteiger partial charge in [-0.15, -0.1) is 10.2 Å². The molecule has 3 aromatic heterocycles. The molecular formula is C25H22N6O2. The summed E-state index contributed by atoms with van der Waals surface area (Å²) >= 11 is 0. The van der Waals surface area contributed by atoms with Gasteiger partial charge in [0.05, 0.1) is 6.20 Å². The zero-order valence-electron chi connectivity index (χ0n) is 18.6. The number of amides is 1. The Morgan fingerprint density at radius 3 is 2.42 bits per heavy atom. The molecular weight excluding hydrogens is 416 g/mol. The summed E-state index contributed by atoms with van der Waals surface area (Å²) in [6.07, 6.45) is 7.37. The smallest absolute Gasteiger partial charge is 0.247 e. The van der Waals surface area contributed by atoms with Crippen LogP contribution in [-0.2, 0) is 11.3 Å². The number of carbonyl (C=O) groups is 1. The maximum atomic E-state index is 11.9. The van der Waals surface area contributed by atoms with Gasteiger partial charge in [0, 0.05) is 61.7 Å². The number of likely N-dealkylation sites (N-methyl/N-ethyl adjacent to an activating group) is 1. The van der Waals surface area contributed by atoms with Crippen molar-refractivity contribution in [3.63, 3.8) is 0 Å². The minimum Gasteiger partial charge on any atom is -0.421 e. The Hall–Kier alpha value is -4.33. The van der Waals surface area contributed by atoms with E-state index in [1.807, 2.05) is 30.7 Å². The van der Waals surface area contributed by atoms with Gasteiger partial charge >= 0.3 is 0 Å². The lowest BCUT2D eigenvalue weighted by Gasteiger charge is -2.09. The largest absolute Gasteiger partial charge is 0.421 e. The molecule has 0 radical (unpaired) electrons. The number of nitrogens with zero attached hydrogens (tertiary/aromatic N) is 6. The highest BCUT2D eigenvalue weighted by Gasteiger charge is 2.12. The summed E-state index contributed by atoms with van der Waals surface area (Å²) in [6, 6.07) is 14.3. The summed E-state index contributed by atoms with van der Waals surface area (Å²) in [5.74, 6) is 1.03. The normalized spacial score (nSPS) is 11.1. The lowest BCUT2D eigenvalue weighted by Crippen LogP contribution is -2.26. The van der Waals surface area contributed by atoms with Gasteiger partial charge < -0.3 is 9.32 Å². The summed E-state index contributed by atoms with van der Waals surface area (Å²) in [5, 5.41) is 14.5. The van der Waals surface area contributed by atoms with Crippen LogP contribution in [0.1, 0.15) is 5.89 Å². The molecule has 2 aromatic carbocycles. The van der Waals surface area contributed by atoms with Crippen molar-refractivity contribution in [1.29, 1.82) is 0 Å². The Bertz CT molecular complexity index is 1450. The molecule has 8 heteroatoms. The summed E-state index contributed by atoms with van der Waals surface area (Å²) < 4.78 is 7.25. The third-order valence-electron chi connectivity index (χ3n) is 5.49. The van der Waals surface area contributed by atoms with Crippen LogP contribution in [0.25, 0.3) is 44.5 Å². The Labute approximate surface area is 190 Å². The fourth-order valence-corrected chi connectivity index (χ4v) is 3.66. The molecule has 164 valence electrons. The minimum atomic E-state index is -0.00138. The van der Waals surface area contributed by atoms with Crippen molar-refractivity contribution in [2.45, 2.75) is 13.5 Å². The van der Waals surface area contributed by atoms with Gasteiger partial charge in [-0.25, -0.2) is 0 Å². The van der Waals surface area contributed by atoms with E-state index < -0.39 is 0 Å². The predicted molar refractivity (Wildman–Crippen MR) is 125 cm³/mol. The number of hydrogen-bond donors (Lipinski definition) is 0. The second-order valence-corrected chi connectivity index (χ2v) is 8.04. The first-order chi connectivity index (χ1) is 16.0. The lowest BCUT2D eigenvalue weighted by molar-refractivity contribution is -0.129. The summed E-state index contributed by atoms with van der Waals surface area (Å²) in [5.41, 5.74) is 4.91. The van der Waals surface area contributed by atoms with E-state index in [1.165, 1.54) is 0 Å². The van der Waals surface area contributed by atoms with Crippen molar-refractivity contribution < 1.29 is 9.21 Å². The van der Waals surface area contributed by atoms with Crippen molar-refractivity contribution in [2.24, 2.45) is 0 Å². The third kappa shape index (κ3) is 4.10.